The molecule has 2 heterocycles. The lowest BCUT2D eigenvalue weighted by Crippen LogP contribution is -2.62. The van der Waals surface area contributed by atoms with Crippen LogP contribution in [0.4, 0.5) is 13.2 Å². The number of ether oxygens (including phenoxy) is 1. The first kappa shape index (κ1) is 29.2. The van der Waals surface area contributed by atoms with Crippen molar-refractivity contribution in [2.45, 2.75) is 52.0 Å². The van der Waals surface area contributed by atoms with E-state index in [1.54, 1.807) is 24.3 Å². The number of carbonyl (C=O) groups is 3. The van der Waals surface area contributed by atoms with Gasteiger partial charge in [0.2, 0.25) is 11.8 Å². The highest BCUT2D eigenvalue weighted by Gasteiger charge is 2.70. The molecule has 2 N–H and O–H groups in total. The van der Waals surface area contributed by atoms with Gasteiger partial charge in [-0.1, -0.05) is 52.0 Å². The molecule has 3 amide bonds. The highest BCUT2D eigenvalue weighted by molar-refractivity contribution is 5.95. The molecule has 2 aromatic rings. The number of nitrogens with one attached hydrogen (secondary N) is 2. The quantitative estimate of drug-likeness (QED) is 0.506. The minimum Gasteiger partial charge on any atom is -0.384 e. The average Bonchev–Trinajstić information content (AvgIpc) is 3.21. The number of fused-ring (bicyclic) bond motifs is 2. The number of nitriles is 1. The monoisotopic (exact) mass is 560 g/mol. The van der Waals surface area contributed by atoms with Crippen LogP contribution in [0, 0.1) is 34.0 Å². The molecule has 40 heavy (non-hydrogen) atoms. The molecule has 4 rings (SSSR count). The summed E-state index contributed by atoms with van der Waals surface area (Å²) in [6.07, 6.45) is -3.69. The van der Waals surface area contributed by atoms with Crippen LogP contribution in [-0.2, 0) is 19.1 Å². The van der Waals surface area contributed by atoms with E-state index in [-0.39, 0.29) is 36.1 Å². The molecule has 2 aliphatic rings. The van der Waals surface area contributed by atoms with Gasteiger partial charge in [0.1, 0.15) is 17.8 Å². The molecule has 1 aromatic heterocycles. The van der Waals surface area contributed by atoms with E-state index < -0.39 is 47.4 Å². The van der Waals surface area contributed by atoms with Crippen LogP contribution in [0.1, 0.15) is 39.4 Å². The molecule has 0 spiro atoms. The maximum Gasteiger partial charge on any atom is 0.471 e. The largest absolute Gasteiger partial charge is 0.471 e. The minimum atomic E-state index is -5.22. The van der Waals surface area contributed by atoms with E-state index >= 15 is 0 Å². The van der Waals surface area contributed by atoms with Gasteiger partial charge in [-0.25, -0.2) is 0 Å². The molecule has 0 radical (unpaired) electrons. The number of methoxy groups -OCH3 is 1. The Morgan fingerprint density at radius 1 is 1.23 bits per heavy atom. The fourth-order valence-electron chi connectivity index (χ4n) is 5.89. The number of piperidine rings is 1. The summed E-state index contributed by atoms with van der Waals surface area (Å²) in [7, 11) is 1.33. The van der Waals surface area contributed by atoms with Gasteiger partial charge in [-0.3, -0.25) is 14.4 Å². The van der Waals surface area contributed by atoms with Crippen molar-refractivity contribution in [1.82, 2.24) is 25.7 Å². The number of carbonyl (C=O) groups excluding carboxylic acids is 3. The van der Waals surface area contributed by atoms with Gasteiger partial charge in [0, 0.05) is 29.8 Å². The molecular weight excluding hydrogens is 529 g/mol. The molecule has 214 valence electrons. The maximum atomic E-state index is 13.8. The Balaban J connectivity index is 1.65. The van der Waals surface area contributed by atoms with E-state index in [0.717, 1.165) is 0 Å². The van der Waals surface area contributed by atoms with Gasteiger partial charge in [0.05, 0.1) is 18.9 Å². The van der Waals surface area contributed by atoms with Gasteiger partial charge < -0.3 is 20.3 Å². The highest BCUT2D eigenvalue weighted by Crippen LogP contribution is 2.65. The number of nitrogens with zero attached hydrogens (tertiary/aromatic N) is 4. The van der Waals surface area contributed by atoms with E-state index in [9.17, 15) is 32.8 Å². The third-order valence-corrected chi connectivity index (χ3v) is 8.13. The van der Waals surface area contributed by atoms with E-state index in [2.05, 4.69) is 15.5 Å². The van der Waals surface area contributed by atoms with Crippen molar-refractivity contribution in [2.75, 3.05) is 20.3 Å². The van der Waals surface area contributed by atoms with Gasteiger partial charge in [0.25, 0.3) is 0 Å². The van der Waals surface area contributed by atoms with Crippen LogP contribution in [0.2, 0.25) is 0 Å². The number of hydrogen-bond donors (Lipinski definition) is 2. The Kier molecular flexibility index (Phi) is 7.53. The fraction of sp³-hybridized carbons (Fsp3) is 0.556. The summed E-state index contributed by atoms with van der Waals surface area (Å²) in [5.74, 6) is -4.12. The second-order valence-corrected chi connectivity index (χ2v) is 11.6. The first-order valence-electron chi connectivity index (χ1n) is 12.7. The van der Waals surface area contributed by atoms with E-state index in [1.165, 1.54) is 32.1 Å². The number of rotatable bonds is 8. The summed E-state index contributed by atoms with van der Waals surface area (Å²) in [4.78, 5) is 40.7. The van der Waals surface area contributed by atoms with Crippen molar-refractivity contribution in [3.05, 3.63) is 36.2 Å². The Morgan fingerprint density at radius 2 is 1.90 bits per heavy atom. The van der Waals surface area contributed by atoms with Crippen LogP contribution < -0.4 is 10.6 Å². The summed E-state index contributed by atoms with van der Waals surface area (Å²) in [6, 6.07) is 5.21. The van der Waals surface area contributed by atoms with E-state index in [1.807, 2.05) is 25.2 Å². The normalized spacial score (nSPS) is 23.1. The Labute approximate surface area is 229 Å². The van der Waals surface area contributed by atoms with Gasteiger partial charge in [-0.05, 0) is 17.3 Å². The number of likely N-dealkylation sites (tertiary alicyclic amines) is 1. The van der Waals surface area contributed by atoms with Gasteiger partial charge in [-0.2, -0.15) is 28.6 Å². The standard InChI is InChI=1S/C27H31F3N6O4/c1-25(2,13-40-5)21(34-24(39)27(28,29)30)23(38)36-12-16-18(26(16,3)4)20(36)22(37)33-17(10-31)19-15-9-7-6-8-14(15)11-32-35-19/h6-9,11,16-18,20-21H,12-13H2,1-5H3,(H,33,37)(H,34,39)/t16-,17?,18-,20-,21+/m0/s1. The van der Waals surface area contributed by atoms with Crippen LogP contribution in [0.3, 0.4) is 0 Å². The third kappa shape index (κ3) is 5.20. The number of hydrogen-bond acceptors (Lipinski definition) is 7. The van der Waals surface area contributed by atoms with E-state index in [4.69, 9.17) is 4.74 Å². The first-order chi connectivity index (χ1) is 18.6. The maximum absolute atomic E-state index is 13.8. The third-order valence-electron chi connectivity index (χ3n) is 8.13. The SMILES string of the molecule is COCC(C)(C)[C@H](NC(=O)C(F)(F)F)C(=O)N1C[C@H]2[C@@H]([C@H]1C(=O)NC(C#N)c1nncc3ccccc13)C2(C)C. The lowest BCUT2D eigenvalue weighted by atomic mass is 9.83. The van der Waals surface area contributed by atoms with E-state index in [0.29, 0.717) is 10.8 Å². The Hall–Kier alpha value is -3.79. The van der Waals surface area contributed by atoms with Gasteiger partial charge in [0.15, 0.2) is 6.04 Å². The molecule has 5 atom stereocenters. The molecule has 13 heteroatoms. The van der Waals surface area contributed by atoms with Crippen molar-refractivity contribution >= 4 is 28.5 Å². The molecule has 1 saturated carbocycles. The van der Waals surface area contributed by atoms with Crippen molar-refractivity contribution in [3.8, 4) is 6.07 Å². The lowest BCUT2D eigenvalue weighted by Gasteiger charge is -2.39. The van der Waals surface area contributed by atoms with Gasteiger partial charge >= 0.3 is 12.1 Å². The molecule has 1 aromatic carbocycles. The topological polar surface area (TPSA) is 137 Å². The van der Waals surface area contributed by atoms with Crippen molar-refractivity contribution < 1.29 is 32.3 Å². The second-order valence-electron chi connectivity index (χ2n) is 11.6. The number of amides is 3. The summed E-state index contributed by atoms with van der Waals surface area (Å²) in [6.45, 7) is 6.86. The molecular formula is C27H31F3N6O4. The van der Waals surface area contributed by atoms with Crippen molar-refractivity contribution in [3.63, 3.8) is 0 Å². The first-order valence-corrected chi connectivity index (χ1v) is 12.7. The van der Waals surface area contributed by atoms with Crippen LogP contribution in [0.15, 0.2) is 30.5 Å². The summed E-state index contributed by atoms with van der Waals surface area (Å²) >= 11 is 0. The second kappa shape index (κ2) is 10.3. The summed E-state index contributed by atoms with van der Waals surface area (Å²) < 4.78 is 44.7. The number of alkyl halides is 3. The summed E-state index contributed by atoms with van der Waals surface area (Å²) in [5.41, 5.74) is -1.33. The number of benzene rings is 1. The zero-order valence-electron chi connectivity index (χ0n) is 22.7. The fourth-order valence-corrected chi connectivity index (χ4v) is 5.89. The smallest absolute Gasteiger partial charge is 0.384 e. The molecule has 1 aliphatic heterocycles. The number of halogens is 3. The minimum absolute atomic E-state index is 0.0883. The lowest BCUT2D eigenvalue weighted by molar-refractivity contribution is -0.176. The Morgan fingerprint density at radius 3 is 2.52 bits per heavy atom. The molecule has 0 bridgehead atoms. The zero-order chi connectivity index (χ0) is 29.6. The molecule has 1 aliphatic carbocycles. The Bertz CT molecular complexity index is 1370. The predicted molar refractivity (Wildman–Crippen MR) is 136 cm³/mol. The molecule has 10 nitrogen and oxygen atoms in total. The van der Waals surface area contributed by atoms with Crippen molar-refractivity contribution in [2.24, 2.45) is 22.7 Å². The van der Waals surface area contributed by atoms with Crippen LogP contribution in [0.5, 0.6) is 0 Å². The van der Waals surface area contributed by atoms with Crippen LogP contribution >= 0.6 is 0 Å². The molecule has 2 fully saturated rings. The van der Waals surface area contributed by atoms with Gasteiger partial charge in [-0.15, -0.1) is 0 Å². The summed E-state index contributed by atoms with van der Waals surface area (Å²) in [5, 5.41) is 23.8. The predicted octanol–water partition coefficient (Wildman–Crippen LogP) is 2.51. The highest BCUT2D eigenvalue weighted by atomic mass is 19.4. The van der Waals surface area contributed by atoms with Crippen LogP contribution in [-0.4, -0.2) is 71.3 Å². The zero-order valence-corrected chi connectivity index (χ0v) is 22.7. The average molecular weight is 561 g/mol. The number of aromatic nitrogens is 2. The van der Waals surface area contributed by atoms with Crippen LogP contribution in [0.25, 0.3) is 10.8 Å². The molecule has 1 unspecified atom stereocenters. The molecule has 1 saturated heterocycles. The van der Waals surface area contributed by atoms with Crippen molar-refractivity contribution in [1.29, 1.82) is 5.26 Å².